The number of carbonyl (C=O) groups excluding carboxylic acids is 1. The Bertz CT molecular complexity index is 462. The second-order valence-electron chi connectivity index (χ2n) is 4.47. The molecule has 0 saturated carbocycles. The summed E-state index contributed by atoms with van der Waals surface area (Å²) < 4.78 is 0. The quantitative estimate of drug-likeness (QED) is 0.756. The average molecular weight is 266 g/mol. The fourth-order valence-corrected chi connectivity index (χ4v) is 1.57. The Hall–Kier alpha value is -2.24. The van der Waals surface area contributed by atoms with Crippen molar-refractivity contribution in [3.05, 3.63) is 24.3 Å². The van der Waals surface area contributed by atoms with Crippen molar-refractivity contribution in [2.24, 2.45) is 5.92 Å². The zero-order valence-electron chi connectivity index (χ0n) is 11.0. The van der Waals surface area contributed by atoms with Crippen molar-refractivity contribution in [2.45, 2.75) is 13.3 Å². The SMILES string of the molecule is CC(CNC(=O)N(C)c1cccc(O)c1)CC(=O)O. The van der Waals surface area contributed by atoms with Crippen molar-refractivity contribution in [3.63, 3.8) is 0 Å². The van der Waals surface area contributed by atoms with Crippen LogP contribution in [0.15, 0.2) is 24.3 Å². The van der Waals surface area contributed by atoms with Crippen molar-refractivity contribution in [3.8, 4) is 5.75 Å². The highest BCUT2D eigenvalue weighted by Gasteiger charge is 2.13. The first-order valence-electron chi connectivity index (χ1n) is 5.92. The minimum Gasteiger partial charge on any atom is -0.508 e. The number of hydrogen-bond acceptors (Lipinski definition) is 3. The second-order valence-corrected chi connectivity index (χ2v) is 4.47. The van der Waals surface area contributed by atoms with E-state index in [2.05, 4.69) is 5.32 Å². The Morgan fingerprint density at radius 3 is 2.68 bits per heavy atom. The summed E-state index contributed by atoms with van der Waals surface area (Å²) in [7, 11) is 1.58. The molecule has 3 N–H and O–H groups in total. The van der Waals surface area contributed by atoms with Gasteiger partial charge in [-0.2, -0.15) is 0 Å². The normalized spacial score (nSPS) is 11.7. The highest BCUT2D eigenvalue weighted by atomic mass is 16.4. The molecule has 1 unspecified atom stereocenters. The number of nitrogens with zero attached hydrogens (tertiary/aromatic N) is 1. The summed E-state index contributed by atoms with van der Waals surface area (Å²) in [6.07, 6.45) is 0.0100. The van der Waals surface area contributed by atoms with E-state index in [1.54, 1.807) is 26.1 Å². The molecular formula is C13H18N2O4. The number of hydrogen-bond donors (Lipinski definition) is 3. The van der Waals surface area contributed by atoms with Crippen LogP contribution < -0.4 is 10.2 Å². The summed E-state index contributed by atoms with van der Waals surface area (Å²) >= 11 is 0. The van der Waals surface area contributed by atoms with Crippen LogP contribution in [0.3, 0.4) is 0 Å². The van der Waals surface area contributed by atoms with Gasteiger partial charge in [-0.3, -0.25) is 9.69 Å². The predicted octanol–water partition coefficient (Wildman–Crippen LogP) is 1.65. The lowest BCUT2D eigenvalue weighted by atomic mass is 10.1. The van der Waals surface area contributed by atoms with E-state index in [9.17, 15) is 14.7 Å². The van der Waals surface area contributed by atoms with Gasteiger partial charge in [-0.15, -0.1) is 0 Å². The van der Waals surface area contributed by atoms with E-state index in [-0.39, 0.29) is 30.7 Å². The molecule has 104 valence electrons. The van der Waals surface area contributed by atoms with E-state index in [0.717, 1.165) is 0 Å². The van der Waals surface area contributed by atoms with E-state index < -0.39 is 5.97 Å². The summed E-state index contributed by atoms with van der Waals surface area (Å²) in [5.74, 6) is -0.946. The van der Waals surface area contributed by atoms with Crippen LogP contribution in [-0.4, -0.2) is 35.8 Å². The molecule has 0 aliphatic rings. The van der Waals surface area contributed by atoms with Gasteiger partial charge in [0.15, 0.2) is 0 Å². The maximum atomic E-state index is 11.8. The van der Waals surface area contributed by atoms with Crippen molar-refractivity contribution in [1.29, 1.82) is 0 Å². The number of carboxylic acids is 1. The van der Waals surface area contributed by atoms with Gasteiger partial charge in [0.1, 0.15) is 5.75 Å². The standard InChI is InChI=1S/C13H18N2O4/c1-9(6-12(17)18)8-14-13(19)15(2)10-4-3-5-11(16)7-10/h3-5,7,9,16H,6,8H2,1-2H3,(H,14,19)(H,17,18). The predicted molar refractivity (Wildman–Crippen MR) is 71.3 cm³/mol. The number of amides is 2. The first-order chi connectivity index (χ1) is 8.90. The Morgan fingerprint density at radius 2 is 2.11 bits per heavy atom. The molecule has 1 rings (SSSR count). The first-order valence-corrected chi connectivity index (χ1v) is 5.92. The molecule has 0 radical (unpaired) electrons. The maximum absolute atomic E-state index is 11.8. The fraction of sp³-hybridized carbons (Fsp3) is 0.385. The van der Waals surface area contributed by atoms with E-state index in [1.165, 1.54) is 17.0 Å². The lowest BCUT2D eigenvalue weighted by Crippen LogP contribution is -2.39. The number of phenols is 1. The van der Waals surface area contributed by atoms with Gasteiger partial charge < -0.3 is 15.5 Å². The van der Waals surface area contributed by atoms with Gasteiger partial charge in [0.2, 0.25) is 0 Å². The largest absolute Gasteiger partial charge is 0.508 e. The van der Waals surface area contributed by atoms with Crippen LogP contribution in [0.1, 0.15) is 13.3 Å². The fourth-order valence-electron chi connectivity index (χ4n) is 1.57. The van der Waals surface area contributed by atoms with Gasteiger partial charge in [-0.05, 0) is 18.1 Å². The van der Waals surface area contributed by atoms with Gasteiger partial charge in [0, 0.05) is 31.8 Å². The van der Waals surface area contributed by atoms with E-state index in [0.29, 0.717) is 5.69 Å². The minimum atomic E-state index is -0.886. The van der Waals surface area contributed by atoms with Crippen LogP contribution >= 0.6 is 0 Å². The van der Waals surface area contributed by atoms with Gasteiger partial charge in [-0.1, -0.05) is 13.0 Å². The monoisotopic (exact) mass is 266 g/mol. The van der Waals surface area contributed by atoms with Crippen LogP contribution in [0, 0.1) is 5.92 Å². The molecule has 0 heterocycles. The van der Waals surface area contributed by atoms with Gasteiger partial charge in [0.05, 0.1) is 0 Å². The van der Waals surface area contributed by atoms with Gasteiger partial charge >= 0.3 is 12.0 Å². The van der Waals surface area contributed by atoms with E-state index >= 15 is 0 Å². The van der Waals surface area contributed by atoms with Crippen molar-refractivity contribution in [2.75, 3.05) is 18.5 Å². The number of anilines is 1. The van der Waals surface area contributed by atoms with Crippen LogP contribution in [0.2, 0.25) is 0 Å². The van der Waals surface area contributed by atoms with Gasteiger partial charge in [-0.25, -0.2) is 4.79 Å². The third-order valence-electron chi connectivity index (χ3n) is 2.65. The first kappa shape index (κ1) is 14.8. The summed E-state index contributed by atoms with van der Waals surface area (Å²) in [5.41, 5.74) is 0.559. The van der Waals surface area contributed by atoms with E-state index in [1.807, 2.05) is 0 Å². The molecule has 6 nitrogen and oxygen atoms in total. The molecule has 0 aliphatic carbocycles. The second kappa shape index (κ2) is 6.63. The summed E-state index contributed by atoms with van der Waals surface area (Å²) in [6.45, 7) is 2.04. The van der Waals surface area contributed by atoms with Crippen LogP contribution in [-0.2, 0) is 4.79 Å². The third kappa shape index (κ3) is 4.87. The molecule has 6 heteroatoms. The molecule has 1 aromatic carbocycles. The van der Waals surface area contributed by atoms with Crippen molar-refractivity contribution in [1.82, 2.24) is 5.32 Å². The molecule has 0 fully saturated rings. The number of phenolic OH excluding ortho intramolecular Hbond substituents is 1. The van der Waals surface area contributed by atoms with Crippen LogP contribution in [0.4, 0.5) is 10.5 Å². The van der Waals surface area contributed by atoms with Gasteiger partial charge in [0.25, 0.3) is 0 Å². The average Bonchev–Trinajstić information content (AvgIpc) is 2.34. The number of benzene rings is 1. The van der Waals surface area contributed by atoms with E-state index in [4.69, 9.17) is 5.11 Å². The number of rotatable bonds is 5. The van der Waals surface area contributed by atoms with Crippen LogP contribution in [0.5, 0.6) is 5.75 Å². The molecule has 0 spiro atoms. The lowest BCUT2D eigenvalue weighted by molar-refractivity contribution is -0.137. The molecule has 0 saturated heterocycles. The van der Waals surface area contributed by atoms with Crippen LogP contribution in [0.25, 0.3) is 0 Å². The maximum Gasteiger partial charge on any atom is 0.321 e. The van der Waals surface area contributed by atoms with Crippen molar-refractivity contribution >= 4 is 17.7 Å². The zero-order valence-corrected chi connectivity index (χ0v) is 11.0. The molecular weight excluding hydrogens is 248 g/mol. The summed E-state index contributed by atoms with van der Waals surface area (Å²) in [6, 6.07) is 5.98. The highest BCUT2D eigenvalue weighted by Crippen LogP contribution is 2.18. The molecule has 2 amide bonds. The number of carboxylic acid groups (broad SMARTS) is 1. The highest BCUT2D eigenvalue weighted by molar-refractivity contribution is 5.91. The molecule has 0 aromatic heterocycles. The minimum absolute atomic E-state index is 0.0100. The molecule has 0 aliphatic heterocycles. The third-order valence-corrected chi connectivity index (χ3v) is 2.65. The summed E-state index contributed by atoms with van der Waals surface area (Å²) in [4.78, 5) is 23.7. The molecule has 0 bridgehead atoms. The summed E-state index contributed by atoms with van der Waals surface area (Å²) in [5, 5.41) is 20.6. The lowest BCUT2D eigenvalue weighted by Gasteiger charge is -2.19. The Morgan fingerprint density at radius 1 is 1.42 bits per heavy atom. The number of urea groups is 1. The number of nitrogens with one attached hydrogen (secondary N) is 1. The number of aromatic hydroxyl groups is 1. The van der Waals surface area contributed by atoms with Crippen molar-refractivity contribution < 1.29 is 19.8 Å². The molecule has 19 heavy (non-hydrogen) atoms. The number of aliphatic carboxylic acids is 1. The smallest absolute Gasteiger partial charge is 0.321 e. The Labute approximate surface area is 111 Å². The number of carbonyl (C=O) groups is 2. The Balaban J connectivity index is 2.51. The topological polar surface area (TPSA) is 89.9 Å². The molecule has 1 atom stereocenters. The zero-order chi connectivity index (χ0) is 14.4. The molecule has 1 aromatic rings. The Kier molecular flexibility index (Phi) is 5.17.